The zero-order chi connectivity index (χ0) is 20.5. The molecule has 0 amide bonds. The van der Waals surface area contributed by atoms with Crippen LogP contribution in [0.15, 0.2) is 47.4 Å². The summed E-state index contributed by atoms with van der Waals surface area (Å²) < 4.78 is 39.9. The minimum Gasteiger partial charge on any atom is -0.392 e. The fraction of sp³-hybridized carbons (Fsp3) is 0.400. The molecular formula is C20H22FNO5S. The standard InChI is InChI=1S/C20H22FNO5S/c1-2-3-5-14-12-28(26,27)18-9-8-15(21)11-17(18)19(20(14)23)13-6-4-7-16(10-13)22(24)25/h4,6-11,14,19-20,23H,2-3,5,12H2,1H3. The Morgan fingerprint density at radius 2 is 2.00 bits per heavy atom. The van der Waals surface area contributed by atoms with E-state index in [1.54, 1.807) is 6.07 Å². The number of nitrogens with zero attached hydrogens (tertiary/aromatic N) is 1. The van der Waals surface area contributed by atoms with E-state index in [1.807, 2.05) is 6.92 Å². The third-order valence-electron chi connectivity index (χ3n) is 5.27. The molecule has 150 valence electrons. The number of aliphatic hydroxyl groups is 1. The number of benzene rings is 2. The molecule has 2 aromatic rings. The van der Waals surface area contributed by atoms with Gasteiger partial charge in [0.2, 0.25) is 0 Å². The van der Waals surface area contributed by atoms with Gasteiger partial charge in [0.25, 0.3) is 5.69 Å². The first-order chi connectivity index (χ1) is 13.2. The molecule has 0 saturated heterocycles. The van der Waals surface area contributed by atoms with E-state index in [4.69, 9.17) is 0 Å². The molecule has 6 nitrogen and oxygen atoms in total. The van der Waals surface area contributed by atoms with Gasteiger partial charge in [0.15, 0.2) is 9.84 Å². The van der Waals surface area contributed by atoms with Crippen molar-refractivity contribution in [2.75, 3.05) is 5.75 Å². The zero-order valence-corrected chi connectivity index (χ0v) is 16.2. The number of fused-ring (bicyclic) bond motifs is 1. The minimum atomic E-state index is -3.74. The SMILES string of the molecule is CCCCC1CS(=O)(=O)c2ccc(F)cc2C(c2cccc([N+](=O)[O-])c2)C1O. The monoisotopic (exact) mass is 407 g/mol. The summed E-state index contributed by atoms with van der Waals surface area (Å²) in [6.07, 6.45) is 0.973. The number of sulfone groups is 1. The number of non-ortho nitro benzene ring substituents is 1. The predicted molar refractivity (Wildman–Crippen MR) is 102 cm³/mol. The van der Waals surface area contributed by atoms with Crippen LogP contribution in [0.4, 0.5) is 10.1 Å². The van der Waals surface area contributed by atoms with Crippen molar-refractivity contribution in [2.45, 2.75) is 43.1 Å². The Morgan fingerprint density at radius 1 is 1.25 bits per heavy atom. The highest BCUT2D eigenvalue weighted by Crippen LogP contribution is 2.41. The lowest BCUT2D eigenvalue weighted by atomic mass is 9.80. The van der Waals surface area contributed by atoms with Crippen LogP contribution in [0, 0.1) is 21.8 Å². The van der Waals surface area contributed by atoms with Gasteiger partial charge >= 0.3 is 0 Å². The molecule has 1 N–H and O–H groups in total. The molecule has 0 bridgehead atoms. The maximum Gasteiger partial charge on any atom is 0.269 e. The highest BCUT2D eigenvalue weighted by molar-refractivity contribution is 7.91. The fourth-order valence-electron chi connectivity index (χ4n) is 3.90. The zero-order valence-electron chi connectivity index (χ0n) is 15.4. The second-order valence-electron chi connectivity index (χ2n) is 7.19. The molecule has 0 saturated carbocycles. The van der Waals surface area contributed by atoms with Crippen LogP contribution in [0.25, 0.3) is 0 Å². The Balaban J connectivity index is 2.22. The Bertz CT molecular complexity index is 992. The van der Waals surface area contributed by atoms with Crippen LogP contribution in [0.5, 0.6) is 0 Å². The number of nitro benzene ring substituents is 1. The van der Waals surface area contributed by atoms with E-state index in [0.29, 0.717) is 12.0 Å². The summed E-state index contributed by atoms with van der Waals surface area (Å²) in [5.74, 6) is -2.28. The Labute approximate surface area is 163 Å². The highest BCUT2D eigenvalue weighted by atomic mass is 32.2. The van der Waals surface area contributed by atoms with Crippen molar-refractivity contribution in [1.29, 1.82) is 0 Å². The van der Waals surface area contributed by atoms with Gasteiger partial charge in [-0.15, -0.1) is 0 Å². The van der Waals surface area contributed by atoms with Gasteiger partial charge in [0, 0.05) is 24.0 Å². The molecule has 3 unspecified atom stereocenters. The number of aliphatic hydroxyl groups excluding tert-OH is 1. The summed E-state index contributed by atoms with van der Waals surface area (Å²) in [6, 6.07) is 9.15. The first-order valence-electron chi connectivity index (χ1n) is 9.19. The summed E-state index contributed by atoms with van der Waals surface area (Å²) in [6.45, 7) is 1.97. The van der Waals surface area contributed by atoms with Crippen LogP contribution in [0.3, 0.4) is 0 Å². The van der Waals surface area contributed by atoms with E-state index >= 15 is 0 Å². The maximum atomic E-state index is 14.0. The van der Waals surface area contributed by atoms with Crippen molar-refractivity contribution in [2.24, 2.45) is 5.92 Å². The number of hydrogen-bond donors (Lipinski definition) is 1. The number of unbranched alkanes of at least 4 members (excludes halogenated alkanes) is 1. The largest absolute Gasteiger partial charge is 0.392 e. The van der Waals surface area contributed by atoms with Gasteiger partial charge in [0.1, 0.15) is 5.82 Å². The minimum absolute atomic E-state index is 0.0246. The van der Waals surface area contributed by atoms with Crippen LogP contribution < -0.4 is 0 Å². The van der Waals surface area contributed by atoms with Crippen LogP contribution in [-0.2, 0) is 9.84 Å². The summed E-state index contributed by atoms with van der Waals surface area (Å²) in [5.41, 5.74) is 0.374. The van der Waals surface area contributed by atoms with Crippen molar-refractivity contribution >= 4 is 15.5 Å². The number of rotatable bonds is 5. The first-order valence-corrected chi connectivity index (χ1v) is 10.8. The van der Waals surface area contributed by atoms with E-state index in [9.17, 15) is 28.0 Å². The molecule has 1 aliphatic heterocycles. The van der Waals surface area contributed by atoms with Crippen LogP contribution in [-0.4, -0.2) is 30.3 Å². The van der Waals surface area contributed by atoms with Crippen LogP contribution in [0.2, 0.25) is 0 Å². The Hall–Kier alpha value is -2.32. The fourth-order valence-corrected chi connectivity index (χ4v) is 5.83. The molecule has 8 heteroatoms. The van der Waals surface area contributed by atoms with E-state index in [2.05, 4.69) is 0 Å². The van der Waals surface area contributed by atoms with E-state index in [1.165, 1.54) is 24.3 Å². The number of nitro groups is 1. The predicted octanol–water partition coefficient (Wildman–Crippen LogP) is 3.82. The highest BCUT2D eigenvalue weighted by Gasteiger charge is 2.40. The Morgan fingerprint density at radius 3 is 2.68 bits per heavy atom. The molecule has 0 fully saturated rings. The average Bonchev–Trinajstić information content (AvgIpc) is 2.72. The molecule has 1 aliphatic rings. The second-order valence-corrected chi connectivity index (χ2v) is 9.19. The maximum absolute atomic E-state index is 14.0. The lowest BCUT2D eigenvalue weighted by molar-refractivity contribution is -0.384. The van der Waals surface area contributed by atoms with E-state index in [-0.39, 0.29) is 21.9 Å². The second kappa shape index (κ2) is 7.97. The van der Waals surface area contributed by atoms with Crippen molar-refractivity contribution in [1.82, 2.24) is 0 Å². The number of hydrogen-bond acceptors (Lipinski definition) is 5. The topological polar surface area (TPSA) is 97.5 Å². The molecular weight excluding hydrogens is 385 g/mol. The van der Waals surface area contributed by atoms with Gasteiger partial charge < -0.3 is 5.11 Å². The van der Waals surface area contributed by atoms with Gasteiger partial charge in [0.05, 0.1) is 21.7 Å². The molecule has 1 heterocycles. The van der Waals surface area contributed by atoms with E-state index < -0.39 is 38.5 Å². The van der Waals surface area contributed by atoms with E-state index in [0.717, 1.165) is 25.0 Å². The van der Waals surface area contributed by atoms with Gasteiger partial charge in [-0.1, -0.05) is 31.9 Å². The molecule has 3 rings (SSSR count). The molecule has 0 aromatic heterocycles. The summed E-state index contributed by atoms with van der Waals surface area (Å²) in [5, 5.41) is 22.3. The summed E-state index contributed by atoms with van der Waals surface area (Å²) in [4.78, 5) is 10.6. The quantitative estimate of drug-likeness (QED) is 0.462. The van der Waals surface area contributed by atoms with Gasteiger partial charge in [-0.3, -0.25) is 10.1 Å². The van der Waals surface area contributed by atoms with Crippen molar-refractivity contribution < 1.29 is 22.8 Å². The smallest absolute Gasteiger partial charge is 0.269 e. The van der Waals surface area contributed by atoms with Gasteiger partial charge in [-0.25, -0.2) is 12.8 Å². The summed E-state index contributed by atoms with van der Waals surface area (Å²) in [7, 11) is -3.74. The molecule has 0 aliphatic carbocycles. The van der Waals surface area contributed by atoms with Gasteiger partial charge in [-0.05, 0) is 35.7 Å². The third kappa shape index (κ3) is 3.93. The van der Waals surface area contributed by atoms with Crippen molar-refractivity contribution in [3.63, 3.8) is 0 Å². The molecule has 3 atom stereocenters. The van der Waals surface area contributed by atoms with Crippen LogP contribution in [0.1, 0.15) is 43.2 Å². The third-order valence-corrected chi connectivity index (χ3v) is 7.18. The molecule has 0 spiro atoms. The number of halogens is 1. The summed E-state index contributed by atoms with van der Waals surface area (Å²) >= 11 is 0. The first kappa shape index (κ1) is 20.4. The van der Waals surface area contributed by atoms with Crippen molar-refractivity contribution in [3.05, 3.63) is 69.5 Å². The van der Waals surface area contributed by atoms with Gasteiger partial charge in [-0.2, -0.15) is 0 Å². The van der Waals surface area contributed by atoms with Crippen molar-refractivity contribution in [3.8, 4) is 0 Å². The molecule has 28 heavy (non-hydrogen) atoms. The molecule has 0 radical (unpaired) electrons. The normalized spacial score (nSPS) is 23.6. The van der Waals surface area contributed by atoms with Crippen LogP contribution >= 0.6 is 0 Å². The average molecular weight is 407 g/mol. The lowest BCUT2D eigenvalue weighted by Crippen LogP contribution is -2.30. The molecule has 2 aromatic carbocycles. The lowest BCUT2D eigenvalue weighted by Gasteiger charge is -2.28. The Kier molecular flexibility index (Phi) is 5.81.